The Hall–Kier alpha value is -0.0400. The summed E-state index contributed by atoms with van der Waals surface area (Å²) in [7, 11) is 0. The molecule has 1 heteroatoms. The maximum Gasteiger partial charge on any atom is 0.0459 e. The lowest BCUT2D eigenvalue weighted by molar-refractivity contribution is 0.0929. The molecule has 0 amide bonds. The average molecular weight is 154 g/mol. The van der Waals surface area contributed by atoms with E-state index in [0.717, 1.165) is 11.8 Å². The molecule has 0 aliphatic heterocycles. The van der Waals surface area contributed by atoms with E-state index in [0.29, 0.717) is 12.5 Å². The van der Waals surface area contributed by atoms with Crippen molar-refractivity contribution < 1.29 is 5.11 Å². The van der Waals surface area contributed by atoms with E-state index in [1.165, 1.54) is 38.5 Å². The molecular weight excluding hydrogens is 136 g/mol. The van der Waals surface area contributed by atoms with E-state index < -0.39 is 0 Å². The molecule has 1 nitrogen and oxygen atoms in total. The summed E-state index contributed by atoms with van der Waals surface area (Å²) in [5, 5.41) is 9.05. The Balaban J connectivity index is 1.94. The van der Waals surface area contributed by atoms with Crippen molar-refractivity contribution in [1.82, 2.24) is 0 Å². The van der Waals surface area contributed by atoms with E-state index in [1.807, 2.05) is 0 Å². The van der Waals surface area contributed by atoms with E-state index in [-0.39, 0.29) is 0 Å². The third kappa shape index (κ3) is 1.58. The molecule has 0 aromatic rings. The van der Waals surface area contributed by atoms with Gasteiger partial charge in [-0.25, -0.2) is 0 Å². The molecule has 2 saturated carbocycles. The first-order chi connectivity index (χ1) is 5.38. The molecule has 2 aliphatic carbocycles. The minimum Gasteiger partial charge on any atom is -0.396 e. The lowest BCUT2D eigenvalue weighted by Gasteiger charge is -2.38. The standard InChI is InChI=1S/C10H18O/c11-7-10-5-8-2-1-3-9(4-8)6-10/h8-11H,1-7H2. The topological polar surface area (TPSA) is 20.2 Å². The zero-order valence-electron chi connectivity index (χ0n) is 7.13. The van der Waals surface area contributed by atoms with Crippen LogP contribution in [0.5, 0.6) is 0 Å². The van der Waals surface area contributed by atoms with Crippen molar-refractivity contribution in [2.45, 2.75) is 38.5 Å². The predicted octanol–water partition coefficient (Wildman–Crippen LogP) is 2.20. The molecule has 2 aliphatic rings. The van der Waals surface area contributed by atoms with Gasteiger partial charge >= 0.3 is 0 Å². The smallest absolute Gasteiger partial charge is 0.0459 e. The molecular formula is C10H18O. The number of aliphatic hydroxyl groups excluding tert-OH is 1. The minimum atomic E-state index is 0.438. The third-order valence-electron chi connectivity index (χ3n) is 3.48. The van der Waals surface area contributed by atoms with Crippen molar-refractivity contribution in [2.75, 3.05) is 6.61 Å². The summed E-state index contributed by atoms with van der Waals surface area (Å²) in [6.07, 6.45) is 8.42. The second-order valence-corrected chi connectivity index (χ2v) is 4.42. The molecule has 0 radical (unpaired) electrons. The maximum atomic E-state index is 9.05. The van der Waals surface area contributed by atoms with Crippen molar-refractivity contribution in [3.63, 3.8) is 0 Å². The normalized spacial score (nSPS) is 43.9. The van der Waals surface area contributed by atoms with Crippen molar-refractivity contribution in [1.29, 1.82) is 0 Å². The van der Waals surface area contributed by atoms with Crippen LogP contribution >= 0.6 is 0 Å². The Labute approximate surface area is 68.8 Å². The molecule has 0 aromatic carbocycles. The molecule has 0 spiro atoms. The van der Waals surface area contributed by atoms with Crippen LogP contribution in [0.15, 0.2) is 0 Å². The van der Waals surface area contributed by atoms with Crippen molar-refractivity contribution in [3.8, 4) is 0 Å². The monoisotopic (exact) mass is 154 g/mol. The van der Waals surface area contributed by atoms with Crippen LogP contribution in [0.2, 0.25) is 0 Å². The number of hydrogen-bond acceptors (Lipinski definition) is 1. The predicted molar refractivity (Wildman–Crippen MR) is 45.3 cm³/mol. The van der Waals surface area contributed by atoms with Gasteiger partial charge in [0, 0.05) is 6.61 Å². The van der Waals surface area contributed by atoms with Gasteiger partial charge in [-0.15, -0.1) is 0 Å². The summed E-state index contributed by atoms with van der Waals surface area (Å²) in [5.74, 6) is 2.60. The quantitative estimate of drug-likeness (QED) is 0.614. The summed E-state index contributed by atoms with van der Waals surface area (Å²) in [6.45, 7) is 0.438. The Kier molecular flexibility index (Phi) is 2.17. The number of aliphatic hydroxyl groups is 1. The van der Waals surface area contributed by atoms with Gasteiger partial charge in [0.15, 0.2) is 0 Å². The molecule has 0 saturated heterocycles. The zero-order chi connectivity index (χ0) is 7.68. The van der Waals surface area contributed by atoms with Gasteiger partial charge in [0.1, 0.15) is 0 Å². The fourth-order valence-electron chi connectivity index (χ4n) is 3.02. The van der Waals surface area contributed by atoms with E-state index in [1.54, 1.807) is 0 Å². The highest BCUT2D eigenvalue weighted by molar-refractivity contribution is 4.82. The molecule has 1 N–H and O–H groups in total. The molecule has 2 fully saturated rings. The van der Waals surface area contributed by atoms with E-state index in [4.69, 9.17) is 5.11 Å². The van der Waals surface area contributed by atoms with Gasteiger partial charge in [0.25, 0.3) is 0 Å². The van der Waals surface area contributed by atoms with Crippen LogP contribution in [0, 0.1) is 17.8 Å². The average Bonchev–Trinajstić information content (AvgIpc) is 2.03. The van der Waals surface area contributed by atoms with Gasteiger partial charge in [-0.2, -0.15) is 0 Å². The van der Waals surface area contributed by atoms with Gasteiger partial charge in [-0.05, 0) is 37.0 Å². The summed E-state index contributed by atoms with van der Waals surface area (Å²) in [4.78, 5) is 0. The molecule has 2 atom stereocenters. The van der Waals surface area contributed by atoms with Crippen LogP contribution in [0.25, 0.3) is 0 Å². The zero-order valence-corrected chi connectivity index (χ0v) is 7.13. The number of fused-ring (bicyclic) bond motifs is 2. The van der Waals surface area contributed by atoms with Gasteiger partial charge in [0.2, 0.25) is 0 Å². The van der Waals surface area contributed by atoms with E-state index in [2.05, 4.69) is 0 Å². The lowest BCUT2D eigenvalue weighted by Crippen LogP contribution is -2.28. The highest BCUT2D eigenvalue weighted by Crippen LogP contribution is 2.42. The molecule has 2 rings (SSSR count). The molecule has 2 unspecified atom stereocenters. The molecule has 2 bridgehead atoms. The SMILES string of the molecule is OCC1CC2CCCC(C1)C2. The summed E-state index contributed by atoms with van der Waals surface area (Å²) < 4.78 is 0. The van der Waals surface area contributed by atoms with Gasteiger partial charge in [-0.1, -0.05) is 19.3 Å². The molecule has 0 heterocycles. The van der Waals surface area contributed by atoms with E-state index >= 15 is 0 Å². The summed E-state index contributed by atoms with van der Waals surface area (Å²) >= 11 is 0. The second kappa shape index (κ2) is 3.14. The minimum absolute atomic E-state index is 0.438. The number of rotatable bonds is 1. The first kappa shape index (κ1) is 7.60. The first-order valence-electron chi connectivity index (χ1n) is 4.99. The molecule has 64 valence electrons. The van der Waals surface area contributed by atoms with Gasteiger partial charge in [0.05, 0.1) is 0 Å². The number of hydrogen-bond donors (Lipinski definition) is 1. The fourth-order valence-corrected chi connectivity index (χ4v) is 3.02. The highest BCUT2D eigenvalue weighted by Gasteiger charge is 2.30. The van der Waals surface area contributed by atoms with Crippen LogP contribution in [-0.2, 0) is 0 Å². The van der Waals surface area contributed by atoms with Gasteiger partial charge in [-0.3, -0.25) is 0 Å². The van der Waals surface area contributed by atoms with Crippen LogP contribution < -0.4 is 0 Å². The highest BCUT2D eigenvalue weighted by atomic mass is 16.3. The Morgan fingerprint density at radius 2 is 1.64 bits per heavy atom. The third-order valence-corrected chi connectivity index (χ3v) is 3.48. The largest absolute Gasteiger partial charge is 0.396 e. The molecule has 0 aromatic heterocycles. The van der Waals surface area contributed by atoms with Crippen molar-refractivity contribution >= 4 is 0 Å². The Morgan fingerprint density at radius 1 is 1.00 bits per heavy atom. The van der Waals surface area contributed by atoms with Crippen LogP contribution in [0.1, 0.15) is 38.5 Å². The van der Waals surface area contributed by atoms with Gasteiger partial charge < -0.3 is 5.11 Å². The molecule has 11 heavy (non-hydrogen) atoms. The Bertz CT molecular complexity index is 121. The van der Waals surface area contributed by atoms with Crippen LogP contribution in [-0.4, -0.2) is 11.7 Å². The Morgan fingerprint density at radius 3 is 2.18 bits per heavy atom. The maximum absolute atomic E-state index is 9.05. The summed E-state index contributed by atoms with van der Waals surface area (Å²) in [6, 6.07) is 0. The summed E-state index contributed by atoms with van der Waals surface area (Å²) in [5.41, 5.74) is 0. The first-order valence-corrected chi connectivity index (χ1v) is 4.99. The van der Waals surface area contributed by atoms with E-state index in [9.17, 15) is 0 Å². The van der Waals surface area contributed by atoms with Crippen molar-refractivity contribution in [3.05, 3.63) is 0 Å². The van der Waals surface area contributed by atoms with Crippen molar-refractivity contribution in [2.24, 2.45) is 17.8 Å². The van der Waals surface area contributed by atoms with Crippen LogP contribution in [0.3, 0.4) is 0 Å². The fraction of sp³-hybridized carbons (Fsp3) is 1.00. The second-order valence-electron chi connectivity index (χ2n) is 4.42. The lowest BCUT2D eigenvalue weighted by atomic mass is 9.68. The van der Waals surface area contributed by atoms with Crippen LogP contribution in [0.4, 0.5) is 0 Å².